The lowest BCUT2D eigenvalue weighted by Gasteiger charge is -2.26. The maximum Gasteiger partial charge on any atom is 0.331 e. The average molecular weight is 279 g/mol. The maximum absolute atomic E-state index is 12.1. The predicted molar refractivity (Wildman–Crippen MR) is 71.5 cm³/mol. The first-order valence-electron chi connectivity index (χ1n) is 5.91. The molecule has 1 aromatic carbocycles. The Hall–Kier alpha value is -2.25. The zero-order chi connectivity index (χ0) is 15.3. The van der Waals surface area contributed by atoms with Crippen molar-refractivity contribution in [2.75, 3.05) is 0 Å². The van der Waals surface area contributed by atoms with Crippen LogP contribution >= 0.6 is 0 Å². The number of carbonyl (C=O) groups is 3. The van der Waals surface area contributed by atoms with Crippen LogP contribution in [0.15, 0.2) is 30.3 Å². The summed E-state index contributed by atoms with van der Waals surface area (Å²) in [7, 11) is 0. The van der Waals surface area contributed by atoms with Crippen LogP contribution in [-0.4, -0.2) is 34.3 Å². The number of ketones is 1. The third-order valence-electron chi connectivity index (χ3n) is 2.90. The molecule has 7 N–H and O–H groups in total. The number of hydrogen-bond donors (Lipinski definition) is 4. The lowest BCUT2D eigenvalue weighted by atomic mass is 9.83. The average Bonchev–Trinajstić information content (AvgIpc) is 2.37. The topological polar surface area (TPSA) is 150 Å². The lowest BCUT2D eigenvalue weighted by molar-refractivity contribution is -0.149. The number of hydrogen-bond acceptors (Lipinski definition) is 5. The van der Waals surface area contributed by atoms with Gasteiger partial charge in [-0.25, -0.2) is 4.79 Å². The number of Topliss-reactive ketones (excluding diaryl/α,β-unsaturated/α-hetero) is 1. The van der Waals surface area contributed by atoms with Crippen LogP contribution in [0.25, 0.3) is 0 Å². The van der Waals surface area contributed by atoms with Gasteiger partial charge in [-0.3, -0.25) is 9.59 Å². The molecule has 7 nitrogen and oxygen atoms in total. The van der Waals surface area contributed by atoms with Crippen molar-refractivity contribution < 1.29 is 19.5 Å². The second kappa shape index (κ2) is 6.27. The monoisotopic (exact) mass is 279 g/mol. The first-order valence-corrected chi connectivity index (χ1v) is 5.91. The Bertz CT molecular complexity index is 518. The number of amides is 1. The number of aliphatic carboxylic acids is 1. The van der Waals surface area contributed by atoms with Crippen LogP contribution < -0.4 is 17.2 Å². The molecule has 0 saturated heterocycles. The summed E-state index contributed by atoms with van der Waals surface area (Å²) in [6, 6.07) is 7.12. The van der Waals surface area contributed by atoms with Crippen LogP contribution in [0, 0.1) is 0 Å². The molecule has 0 aliphatic heterocycles. The summed E-state index contributed by atoms with van der Waals surface area (Å²) >= 11 is 0. The maximum atomic E-state index is 12.1. The van der Waals surface area contributed by atoms with Gasteiger partial charge in [-0.1, -0.05) is 30.3 Å². The fraction of sp³-hybridized carbons (Fsp3) is 0.308. The standard InChI is InChI=1S/C13H17N3O4/c14-9(6-10(15)17)11(18)13(16,12(19)20)7-8-4-2-1-3-5-8/h1-5,9H,6-7,14,16H2,(H2,15,17)(H,19,20). The van der Waals surface area contributed by atoms with Crippen molar-refractivity contribution in [2.45, 2.75) is 24.4 Å². The van der Waals surface area contributed by atoms with Gasteiger partial charge in [0.25, 0.3) is 0 Å². The van der Waals surface area contributed by atoms with Gasteiger partial charge in [-0.05, 0) is 5.56 Å². The Kier molecular flexibility index (Phi) is 4.95. The minimum Gasteiger partial charge on any atom is -0.480 e. The molecule has 1 rings (SSSR count). The Morgan fingerprint density at radius 3 is 2.20 bits per heavy atom. The summed E-state index contributed by atoms with van der Waals surface area (Å²) in [5, 5.41) is 9.23. The fourth-order valence-corrected chi connectivity index (χ4v) is 1.83. The van der Waals surface area contributed by atoms with Crippen molar-refractivity contribution in [3.05, 3.63) is 35.9 Å². The molecule has 0 fully saturated rings. The van der Waals surface area contributed by atoms with E-state index < -0.39 is 35.7 Å². The van der Waals surface area contributed by atoms with E-state index in [1.54, 1.807) is 30.3 Å². The highest BCUT2D eigenvalue weighted by Crippen LogP contribution is 2.15. The first-order chi connectivity index (χ1) is 9.27. The number of primary amides is 1. The van der Waals surface area contributed by atoms with E-state index in [1.165, 1.54) is 0 Å². The Morgan fingerprint density at radius 2 is 1.75 bits per heavy atom. The number of nitrogens with two attached hydrogens (primary N) is 3. The van der Waals surface area contributed by atoms with Crippen LogP contribution in [0.2, 0.25) is 0 Å². The van der Waals surface area contributed by atoms with E-state index in [9.17, 15) is 19.5 Å². The normalized spacial score (nSPS) is 15.1. The third kappa shape index (κ3) is 3.62. The molecule has 1 aromatic rings. The Morgan fingerprint density at radius 1 is 1.20 bits per heavy atom. The van der Waals surface area contributed by atoms with Crippen molar-refractivity contribution in [1.29, 1.82) is 0 Å². The van der Waals surface area contributed by atoms with Gasteiger partial charge in [0.05, 0.1) is 6.04 Å². The number of benzene rings is 1. The highest BCUT2D eigenvalue weighted by atomic mass is 16.4. The number of rotatable bonds is 7. The van der Waals surface area contributed by atoms with Gasteiger partial charge < -0.3 is 22.3 Å². The zero-order valence-electron chi connectivity index (χ0n) is 10.8. The van der Waals surface area contributed by atoms with E-state index in [2.05, 4.69) is 0 Å². The van der Waals surface area contributed by atoms with Gasteiger partial charge in [0.1, 0.15) is 0 Å². The van der Waals surface area contributed by atoms with E-state index in [0.717, 1.165) is 0 Å². The molecule has 108 valence electrons. The van der Waals surface area contributed by atoms with Crippen molar-refractivity contribution in [3.8, 4) is 0 Å². The zero-order valence-corrected chi connectivity index (χ0v) is 10.8. The quantitative estimate of drug-likeness (QED) is 0.460. The molecule has 0 bridgehead atoms. The third-order valence-corrected chi connectivity index (χ3v) is 2.90. The summed E-state index contributed by atoms with van der Waals surface area (Å²) < 4.78 is 0. The number of carbonyl (C=O) groups excluding carboxylic acids is 2. The van der Waals surface area contributed by atoms with Crippen LogP contribution in [0.5, 0.6) is 0 Å². The minimum absolute atomic E-state index is 0.214. The van der Waals surface area contributed by atoms with E-state index >= 15 is 0 Å². The summed E-state index contributed by atoms with van der Waals surface area (Å²) in [6.07, 6.45) is -0.658. The molecule has 0 radical (unpaired) electrons. The highest BCUT2D eigenvalue weighted by molar-refractivity contribution is 6.11. The number of carboxylic acids is 1. The van der Waals surface area contributed by atoms with Gasteiger partial charge in [0.2, 0.25) is 5.91 Å². The highest BCUT2D eigenvalue weighted by Gasteiger charge is 2.44. The van der Waals surface area contributed by atoms with E-state index in [1.807, 2.05) is 0 Å². The van der Waals surface area contributed by atoms with Gasteiger partial charge in [-0.15, -0.1) is 0 Å². The van der Waals surface area contributed by atoms with Crippen molar-refractivity contribution in [1.82, 2.24) is 0 Å². The van der Waals surface area contributed by atoms with Crippen molar-refractivity contribution in [3.63, 3.8) is 0 Å². The van der Waals surface area contributed by atoms with Gasteiger partial charge in [-0.2, -0.15) is 0 Å². The second-order valence-electron chi connectivity index (χ2n) is 4.58. The van der Waals surface area contributed by atoms with Crippen LogP contribution in [0.1, 0.15) is 12.0 Å². The predicted octanol–water partition coefficient (Wildman–Crippen LogP) is -1.22. The van der Waals surface area contributed by atoms with Gasteiger partial charge >= 0.3 is 5.97 Å². The smallest absolute Gasteiger partial charge is 0.331 e. The molecule has 7 heteroatoms. The summed E-state index contributed by atoms with van der Waals surface area (Å²) in [4.78, 5) is 34.2. The SMILES string of the molecule is NC(=O)CC(N)C(=O)C(N)(Cc1ccccc1)C(=O)O. The lowest BCUT2D eigenvalue weighted by Crippen LogP contribution is -2.62. The van der Waals surface area contributed by atoms with Gasteiger partial charge in [0, 0.05) is 12.8 Å². The second-order valence-corrected chi connectivity index (χ2v) is 4.58. The van der Waals surface area contributed by atoms with Crippen LogP contribution in [-0.2, 0) is 20.8 Å². The molecule has 0 heterocycles. The molecule has 0 spiro atoms. The number of carboxylic acid groups (broad SMARTS) is 1. The van der Waals surface area contributed by atoms with Crippen LogP contribution in [0.4, 0.5) is 0 Å². The molecular formula is C13H17N3O4. The molecule has 20 heavy (non-hydrogen) atoms. The van der Waals surface area contributed by atoms with Crippen molar-refractivity contribution >= 4 is 17.7 Å². The summed E-state index contributed by atoms with van der Waals surface area (Å²) in [5.41, 5.74) is 14.6. The molecule has 0 aromatic heterocycles. The summed E-state index contributed by atoms with van der Waals surface area (Å²) in [6.45, 7) is 0. The largest absolute Gasteiger partial charge is 0.480 e. The molecule has 0 aliphatic rings. The van der Waals surface area contributed by atoms with E-state index in [0.29, 0.717) is 5.56 Å². The Balaban J connectivity index is 3.00. The van der Waals surface area contributed by atoms with Crippen molar-refractivity contribution in [2.24, 2.45) is 17.2 Å². The van der Waals surface area contributed by atoms with Crippen LogP contribution in [0.3, 0.4) is 0 Å². The van der Waals surface area contributed by atoms with E-state index in [4.69, 9.17) is 17.2 Å². The fourth-order valence-electron chi connectivity index (χ4n) is 1.83. The van der Waals surface area contributed by atoms with E-state index in [-0.39, 0.29) is 6.42 Å². The van der Waals surface area contributed by atoms with Gasteiger partial charge in [0.15, 0.2) is 11.3 Å². The molecule has 2 atom stereocenters. The Labute approximate surface area is 115 Å². The molecule has 0 saturated carbocycles. The molecule has 2 unspecified atom stereocenters. The molecular weight excluding hydrogens is 262 g/mol. The first kappa shape index (κ1) is 15.8. The summed E-state index contributed by atoms with van der Waals surface area (Å²) in [5.74, 6) is -3.21. The minimum atomic E-state index is -2.18. The molecule has 0 aliphatic carbocycles. The molecule has 1 amide bonds.